The Morgan fingerprint density at radius 2 is 2.11 bits per heavy atom. The van der Waals surface area contributed by atoms with E-state index in [1.165, 1.54) is 4.90 Å². The number of aliphatic hydroxyl groups excluding tert-OH is 1. The van der Waals surface area contributed by atoms with E-state index in [2.05, 4.69) is 21.2 Å². The van der Waals surface area contributed by atoms with Crippen molar-refractivity contribution in [1.29, 1.82) is 0 Å². The molecular weight excluding hydrogens is 318 g/mol. The largest absolute Gasteiger partial charge is 0.395 e. The third-order valence-corrected chi connectivity index (χ3v) is 3.45. The van der Waals surface area contributed by atoms with E-state index in [0.717, 1.165) is 15.7 Å². The van der Waals surface area contributed by atoms with Crippen molar-refractivity contribution >= 4 is 21.6 Å². The highest BCUT2D eigenvalue weighted by atomic mass is 79.9. The van der Waals surface area contributed by atoms with Gasteiger partial charge in [-0.25, -0.2) is 8.78 Å². The molecule has 0 fully saturated rings. The van der Waals surface area contributed by atoms with E-state index in [4.69, 9.17) is 5.11 Å². The van der Waals surface area contributed by atoms with Gasteiger partial charge in [-0.05, 0) is 37.7 Å². The first-order valence-electron chi connectivity index (χ1n) is 6.10. The third kappa shape index (κ3) is 4.71. The first kappa shape index (κ1) is 16.3. The molecule has 0 saturated heterocycles. The molecule has 3 nitrogen and oxygen atoms in total. The Hall–Kier alpha value is -0.720. The van der Waals surface area contributed by atoms with Crippen molar-refractivity contribution in [2.45, 2.75) is 19.4 Å². The minimum atomic E-state index is -2.44. The average molecular weight is 337 g/mol. The summed E-state index contributed by atoms with van der Waals surface area (Å²) >= 11 is 3.39. The van der Waals surface area contributed by atoms with Crippen LogP contribution in [0.25, 0.3) is 0 Å². The quantitative estimate of drug-likeness (QED) is 0.803. The van der Waals surface area contributed by atoms with E-state index in [1.54, 1.807) is 6.07 Å². The molecular formula is C13H19BrF2N2O. The molecule has 2 N–H and O–H groups in total. The zero-order valence-corrected chi connectivity index (χ0v) is 12.6. The van der Waals surface area contributed by atoms with Crippen LogP contribution >= 0.6 is 15.9 Å². The topological polar surface area (TPSA) is 35.5 Å². The Kier molecular flexibility index (Phi) is 6.68. The summed E-state index contributed by atoms with van der Waals surface area (Å²) < 4.78 is 26.2. The molecule has 1 atom stereocenters. The van der Waals surface area contributed by atoms with Crippen molar-refractivity contribution in [3.8, 4) is 0 Å². The summed E-state index contributed by atoms with van der Waals surface area (Å²) in [4.78, 5) is 1.51. The smallest absolute Gasteiger partial charge is 0.255 e. The molecule has 0 aliphatic rings. The van der Waals surface area contributed by atoms with E-state index in [-0.39, 0.29) is 25.7 Å². The molecule has 0 spiro atoms. The fraction of sp³-hybridized carbons (Fsp3) is 0.538. The van der Waals surface area contributed by atoms with Gasteiger partial charge in [-0.2, -0.15) is 0 Å². The average Bonchev–Trinajstić information content (AvgIpc) is 2.36. The Labute approximate surface area is 120 Å². The number of nitrogens with zero attached hydrogens (tertiary/aromatic N) is 1. The number of benzene rings is 1. The van der Waals surface area contributed by atoms with E-state index in [1.807, 2.05) is 26.1 Å². The number of halogens is 3. The summed E-state index contributed by atoms with van der Waals surface area (Å²) in [6, 6.07) is 5.56. The second-order valence-electron chi connectivity index (χ2n) is 4.27. The maximum atomic E-state index is 12.6. The van der Waals surface area contributed by atoms with Crippen LogP contribution in [0.1, 0.15) is 18.5 Å². The standard InChI is InChI=1S/C13H19BrF2N2O/c1-9(17-2)11-7-10(14)3-4-12(11)18(5-6-19)8-13(15)16/h3-4,7,9,13,17,19H,5-6,8H2,1-2H3. The minimum absolute atomic E-state index is 0.0337. The van der Waals surface area contributed by atoms with Crippen LogP contribution < -0.4 is 10.2 Å². The van der Waals surface area contributed by atoms with Crippen LogP contribution in [-0.2, 0) is 0 Å². The van der Waals surface area contributed by atoms with Gasteiger partial charge < -0.3 is 15.3 Å². The number of rotatable bonds is 7. The van der Waals surface area contributed by atoms with E-state index < -0.39 is 6.43 Å². The van der Waals surface area contributed by atoms with Gasteiger partial charge in [0.1, 0.15) is 0 Å². The molecule has 1 rings (SSSR count). The molecule has 108 valence electrons. The maximum Gasteiger partial charge on any atom is 0.255 e. The first-order valence-corrected chi connectivity index (χ1v) is 6.89. The van der Waals surface area contributed by atoms with Crippen molar-refractivity contribution in [3.05, 3.63) is 28.2 Å². The lowest BCUT2D eigenvalue weighted by Gasteiger charge is -2.28. The highest BCUT2D eigenvalue weighted by molar-refractivity contribution is 9.10. The molecule has 0 aliphatic carbocycles. The predicted octanol–water partition coefficient (Wildman–Crippen LogP) is 2.79. The molecule has 0 amide bonds. The van der Waals surface area contributed by atoms with E-state index >= 15 is 0 Å². The first-order chi connectivity index (χ1) is 8.99. The van der Waals surface area contributed by atoms with Crippen LogP contribution in [0.5, 0.6) is 0 Å². The number of anilines is 1. The lowest BCUT2D eigenvalue weighted by molar-refractivity contribution is 0.152. The fourth-order valence-corrected chi connectivity index (χ4v) is 2.29. The summed E-state index contributed by atoms with van der Waals surface area (Å²) in [6.07, 6.45) is -2.44. The number of alkyl halides is 2. The van der Waals surface area contributed by atoms with Gasteiger partial charge in [0.2, 0.25) is 0 Å². The van der Waals surface area contributed by atoms with Gasteiger partial charge in [0, 0.05) is 22.7 Å². The molecule has 1 unspecified atom stereocenters. The second kappa shape index (κ2) is 7.77. The lowest BCUT2D eigenvalue weighted by atomic mass is 10.1. The van der Waals surface area contributed by atoms with E-state index in [0.29, 0.717) is 0 Å². The van der Waals surface area contributed by atoms with Gasteiger partial charge >= 0.3 is 0 Å². The molecule has 0 heterocycles. The normalized spacial score (nSPS) is 12.8. The Morgan fingerprint density at radius 1 is 1.42 bits per heavy atom. The highest BCUT2D eigenvalue weighted by Gasteiger charge is 2.18. The van der Waals surface area contributed by atoms with Crippen molar-refractivity contribution in [3.63, 3.8) is 0 Å². The maximum absolute atomic E-state index is 12.6. The van der Waals surface area contributed by atoms with Gasteiger partial charge in [0.05, 0.1) is 13.2 Å². The molecule has 0 saturated carbocycles. The van der Waals surface area contributed by atoms with Crippen molar-refractivity contribution in [2.24, 2.45) is 0 Å². The molecule has 19 heavy (non-hydrogen) atoms. The van der Waals surface area contributed by atoms with Crippen LogP contribution in [0.15, 0.2) is 22.7 Å². The third-order valence-electron chi connectivity index (χ3n) is 2.96. The SMILES string of the molecule is CNC(C)c1cc(Br)ccc1N(CCO)CC(F)F. The molecule has 6 heteroatoms. The fourth-order valence-electron chi connectivity index (χ4n) is 1.91. The molecule has 0 aromatic heterocycles. The van der Waals surface area contributed by atoms with E-state index in [9.17, 15) is 8.78 Å². The Bertz CT molecular complexity index is 404. The number of hydrogen-bond donors (Lipinski definition) is 2. The van der Waals surface area contributed by atoms with Crippen LogP contribution in [0.4, 0.5) is 14.5 Å². The lowest BCUT2D eigenvalue weighted by Crippen LogP contribution is -2.33. The summed E-state index contributed by atoms with van der Waals surface area (Å²) in [5.41, 5.74) is 1.64. The summed E-state index contributed by atoms with van der Waals surface area (Å²) in [5, 5.41) is 12.1. The van der Waals surface area contributed by atoms with Gasteiger partial charge in [-0.15, -0.1) is 0 Å². The van der Waals surface area contributed by atoms with Crippen molar-refractivity contribution < 1.29 is 13.9 Å². The highest BCUT2D eigenvalue weighted by Crippen LogP contribution is 2.29. The number of aliphatic hydroxyl groups is 1. The van der Waals surface area contributed by atoms with Crippen molar-refractivity contribution in [1.82, 2.24) is 5.32 Å². The Morgan fingerprint density at radius 3 is 2.63 bits per heavy atom. The minimum Gasteiger partial charge on any atom is -0.395 e. The zero-order chi connectivity index (χ0) is 14.4. The second-order valence-corrected chi connectivity index (χ2v) is 5.19. The zero-order valence-electron chi connectivity index (χ0n) is 11.0. The summed E-state index contributed by atoms with van der Waals surface area (Å²) in [5.74, 6) is 0. The monoisotopic (exact) mass is 336 g/mol. The van der Waals surface area contributed by atoms with Crippen LogP contribution in [0, 0.1) is 0 Å². The van der Waals surface area contributed by atoms with Gasteiger partial charge in [0.15, 0.2) is 0 Å². The number of hydrogen-bond acceptors (Lipinski definition) is 3. The Balaban J connectivity index is 3.13. The van der Waals surface area contributed by atoms with Crippen LogP contribution in [0.2, 0.25) is 0 Å². The molecule has 0 radical (unpaired) electrons. The van der Waals surface area contributed by atoms with Crippen LogP contribution in [0.3, 0.4) is 0 Å². The van der Waals surface area contributed by atoms with Gasteiger partial charge in [-0.1, -0.05) is 15.9 Å². The van der Waals surface area contributed by atoms with Crippen molar-refractivity contribution in [2.75, 3.05) is 31.6 Å². The molecule has 1 aromatic carbocycles. The van der Waals surface area contributed by atoms with Crippen LogP contribution in [-0.4, -0.2) is 38.3 Å². The molecule has 1 aromatic rings. The predicted molar refractivity (Wildman–Crippen MR) is 76.9 cm³/mol. The summed E-state index contributed by atoms with van der Waals surface area (Å²) in [7, 11) is 1.82. The molecule has 0 bridgehead atoms. The molecule has 0 aliphatic heterocycles. The summed E-state index contributed by atoms with van der Waals surface area (Å²) in [6.45, 7) is 1.61. The number of nitrogens with one attached hydrogen (secondary N) is 1. The van der Waals surface area contributed by atoms with Gasteiger partial charge in [0.25, 0.3) is 6.43 Å². The van der Waals surface area contributed by atoms with Gasteiger partial charge in [-0.3, -0.25) is 0 Å².